The first-order valence-corrected chi connectivity index (χ1v) is 15.1. The van der Waals surface area contributed by atoms with Crippen LogP contribution in [0.2, 0.25) is 0 Å². The van der Waals surface area contributed by atoms with Crippen molar-refractivity contribution in [2.75, 3.05) is 17.3 Å². The highest BCUT2D eigenvalue weighted by Crippen LogP contribution is 2.67. The molecule has 3 heterocycles. The molecule has 6 rings (SSSR count). The Kier molecular flexibility index (Phi) is 7.34. The van der Waals surface area contributed by atoms with E-state index in [0.717, 1.165) is 20.5 Å². The smallest absolute Gasteiger partial charge is 0.437 e. The predicted molar refractivity (Wildman–Crippen MR) is 169 cm³/mol. The highest BCUT2D eigenvalue weighted by atomic mass is 19.4. The van der Waals surface area contributed by atoms with Crippen LogP contribution < -0.4 is 15.0 Å². The number of nitrogens with one attached hydrogen (secondary N) is 1. The van der Waals surface area contributed by atoms with Crippen molar-refractivity contribution in [2.24, 2.45) is 7.05 Å². The minimum absolute atomic E-state index is 0.0328. The SMILES string of the molecule is COc1ccc2c(c1)[C@]1(C[C@H]1c1ccc3c(Nc4cn(C)nc4C(F)(F)F)nn(C(=O)OC(C)(C)C)c3c1)C(=O)N2C(=O)OC(C)(C)C. The summed E-state index contributed by atoms with van der Waals surface area (Å²) in [5.41, 5.74) is -2.51. The van der Waals surface area contributed by atoms with E-state index < -0.39 is 52.5 Å². The Labute approximate surface area is 273 Å². The number of methoxy groups -OCH3 is 1. The van der Waals surface area contributed by atoms with E-state index in [0.29, 0.717) is 34.4 Å². The molecule has 0 bridgehead atoms. The summed E-state index contributed by atoms with van der Waals surface area (Å²) in [6.45, 7) is 10.2. The summed E-state index contributed by atoms with van der Waals surface area (Å²) >= 11 is 0. The number of rotatable bonds is 4. The van der Waals surface area contributed by atoms with E-state index in [1.54, 1.807) is 77.9 Å². The minimum Gasteiger partial charge on any atom is -0.497 e. The van der Waals surface area contributed by atoms with Gasteiger partial charge in [0.25, 0.3) is 0 Å². The fraction of sp³-hybridized carbons (Fsp3) is 0.424. The number of carbonyl (C=O) groups is 3. The zero-order chi connectivity index (χ0) is 35.1. The Balaban J connectivity index is 1.44. The molecule has 12 nitrogen and oxygen atoms in total. The van der Waals surface area contributed by atoms with Crippen molar-refractivity contribution < 1.29 is 41.8 Å². The summed E-state index contributed by atoms with van der Waals surface area (Å²) in [7, 11) is 2.86. The molecule has 0 radical (unpaired) electrons. The lowest BCUT2D eigenvalue weighted by molar-refractivity contribution is -0.140. The van der Waals surface area contributed by atoms with Crippen molar-refractivity contribution in [1.29, 1.82) is 0 Å². The summed E-state index contributed by atoms with van der Waals surface area (Å²) in [4.78, 5) is 41.9. The average Bonchev–Trinajstić information content (AvgIpc) is 3.34. The van der Waals surface area contributed by atoms with Crippen molar-refractivity contribution in [2.45, 2.75) is 76.7 Å². The normalized spacial score (nSPS) is 19.1. The molecule has 4 aromatic rings. The van der Waals surface area contributed by atoms with Gasteiger partial charge in [-0.3, -0.25) is 9.48 Å². The van der Waals surface area contributed by atoms with Gasteiger partial charge in [-0.1, -0.05) is 6.07 Å². The molecule has 1 aliphatic heterocycles. The summed E-state index contributed by atoms with van der Waals surface area (Å²) in [5, 5.41) is 10.9. The number of hydrogen-bond acceptors (Lipinski definition) is 9. The van der Waals surface area contributed by atoms with Crippen molar-refractivity contribution in [3.63, 3.8) is 0 Å². The first kappa shape index (κ1) is 32.8. The lowest BCUT2D eigenvalue weighted by atomic mass is 9.91. The molecule has 48 heavy (non-hydrogen) atoms. The molecular weight excluding hydrogens is 633 g/mol. The Morgan fingerprint density at radius 2 is 1.62 bits per heavy atom. The minimum atomic E-state index is -4.75. The fourth-order valence-corrected chi connectivity index (χ4v) is 6.11. The number of carbonyl (C=O) groups excluding carboxylic acids is 3. The van der Waals surface area contributed by atoms with Gasteiger partial charge in [0.05, 0.1) is 29.4 Å². The molecule has 2 aliphatic rings. The van der Waals surface area contributed by atoms with Crippen LogP contribution in [-0.4, -0.2) is 56.0 Å². The molecule has 2 atom stereocenters. The topological polar surface area (TPSA) is 130 Å². The zero-order valence-electron chi connectivity index (χ0n) is 27.6. The number of halogens is 3. The Bertz CT molecular complexity index is 1990. The van der Waals surface area contributed by atoms with Crippen LogP contribution in [0.3, 0.4) is 0 Å². The third-order valence-corrected chi connectivity index (χ3v) is 8.07. The van der Waals surface area contributed by atoms with Gasteiger partial charge in [0.15, 0.2) is 11.5 Å². The molecule has 2 aromatic heterocycles. The van der Waals surface area contributed by atoms with Gasteiger partial charge in [-0.05, 0) is 89.4 Å². The van der Waals surface area contributed by atoms with Crippen LogP contribution in [0.25, 0.3) is 10.9 Å². The number of imide groups is 1. The van der Waals surface area contributed by atoms with E-state index >= 15 is 0 Å². The maximum absolute atomic E-state index is 14.2. The van der Waals surface area contributed by atoms with E-state index in [1.807, 2.05) is 0 Å². The number of fused-ring (bicyclic) bond motifs is 3. The maximum Gasteiger partial charge on any atom is 0.437 e. The molecule has 0 saturated heterocycles. The van der Waals surface area contributed by atoms with E-state index in [9.17, 15) is 27.6 Å². The number of nitrogens with zero attached hydrogens (tertiary/aromatic N) is 5. The summed E-state index contributed by atoms with van der Waals surface area (Å²) in [6, 6.07) is 10.0. The van der Waals surface area contributed by atoms with Crippen molar-refractivity contribution in [3.8, 4) is 5.75 Å². The Hall–Kier alpha value is -5.08. The molecule has 2 aromatic carbocycles. The monoisotopic (exact) mass is 668 g/mol. The van der Waals surface area contributed by atoms with Crippen LogP contribution in [0.15, 0.2) is 42.6 Å². The lowest BCUT2D eigenvalue weighted by Gasteiger charge is -2.24. The second-order valence-electron chi connectivity index (χ2n) is 13.9. The Morgan fingerprint density at radius 3 is 2.25 bits per heavy atom. The van der Waals surface area contributed by atoms with Crippen LogP contribution in [0, 0.1) is 0 Å². The lowest BCUT2D eigenvalue weighted by Crippen LogP contribution is -2.41. The molecule has 0 unspecified atom stereocenters. The van der Waals surface area contributed by atoms with E-state index in [2.05, 4.69) is 15.5 Å². The van der Waals surface area contributed by atoms with Gasteiger partial charge >= 0.3 is 18.4 Å². The van der Waals surface area contributed by atoms with Gasteiger partial charge in [-0.25, -0.2) is 14.5 Å². The van der Waals surface area contributed by atoms with Gasteiger partial charge in [-0.15, -0.1) is 5.10 Å². The summed E-state index contributed by atoms with van der Waals surface area (Å²) in [5.74, 6) is -0.416. The van der Waals surface area contributed by atoms with E-state index in [4.69, 9.17) is 14.2 Å². The predicted octanol–water partition coefficient (Wildman–Crippen LogP) is 7.03. The molecule has 1 saturated carbocycles. The van der Waals surface area contributed by atoms with Gasteiger partial charge < -0.3 is 19.5 Å². The van der Waals surface area contributed by atoms with Crippen molar-refractivity contribution in [3.05, 3.63) is 59.4 Å². The van der Waals surface area contributed by atoms with Gasteiger partial charge in [0.2, 0.25) is 5.91 Å². The number of amides is 2. The first-order chi connectivity index (χ1) is 22.2. The third kappa shape index (κ3) is 5.60. The number of anilines is 3. The van der Waals surface area contributed by atoms with Crippen molar-refractivity contribution in [1.82, 2.24) is 19.6 Å². The number of alkyl halides is 3. The molecule has 254 valence electrons. The van der Waals surface area contributed by atoms with Crippen LogP contribution >= 0.6 is 0 Å². The Morgan fingerprint density at radius 1 is 0.958 bits per heavy atom. The quantitative estimate of drug-likeness (QED) is 0.244. The van der Waals surface area contributed by atoms with Crippen LogP contribution in [-0.2, 0) is 32.9 Å². The van der Waals surface area contributed by atoms with E-state index in [1.165, 1.54) is 14.2 Å². The van der Waals surface area contributed by atoms with Crippen LogP contribution in [0.4, 0.5) is 40.0 Å². The number of aromatic nitrogens is 4. The number of hydrogen-bond donors (Lipinski definition) is 1. The first-order valence-electron chi connectivity index (χ1n) is 15.1. The number of aryl methyl sites for hydroxylation is 1. The average molecular weight is 669 g/mol. The second kappa shape index (κ2) is 10.7. The molecular formula is C33H35F3N6O6. The third-order valence-electron chi connectivity index (χ3n) is 8.07. The summed E-state index contributed by atoms with van der Waals surface area (Å²) < 4.78 is 59.8. The second-order valence-corrected chi connectivity index (χ2v) is 13.9. The van der Waals surface area contributed by atoms with Gasteiger partial charge in [0.1, 0.15) is 17.0 Å². The van der Waals surface area contributed by atoms with Crippen LogP contribution in [0.1, 0.15) is 70.7 Å². The molecule has 1 fully saturated rings. The van der Waals surface area contributed by atoms with E-state index in [-0.39, 0.29) is 17.0 Å². The maximum atomic E-state index is 14.2. The molecule has 1 aliphatic carbocycles. The fourth-order valence-electron chi connectivity index (χ4n) is 6.11. The number of benzene rings is 2. The van der Waals surface area contributed by atoms with Gasteiger partial charge in [-0.2, -0.15) is 23.0 Å². The zero-order valence-corrected chi connectivity index (χ0v) is 27.6. The molecule has 1 N–H and O–H groups in total. The molecule has 2 amide bonds. The summed E-state index contributed by atoms with van der Waals surface area (Å²) in [6.07, 6.45) is -4.90. The van der Waals surface area contributed by atoms with Gasteiger partial charge in [0, 0.05) is 24.5 Å². The van der Waals surface area contributed by atoms with Crippen molar-refractivity contribution >= 4 is 46.2 Å². The molecule has 1 spiro atoms. The largest absolute Gasteiger partial charge is 0.497 e. The number of ether oxygens (including phenoxy) is 3. The molecule has 15 heteroatoms. The highest BCUT2D eigenvalue weighted by molar-refractivity contribution is 6.23. The van der Waals surface area contributed by atoms with Crippen LogP contribution in [0.5, 0.6) is 5.75 Å². The highest BCUT2D eigenvalue weighted by Gasteiger charge is 2.68. The standard InChI is InChI=1S/C33H35F3N6O6/c1-30(2,3)47-28(44)41-23-12-10-18(46-8)14-20(23)32(27(41)43)15-21(32)17-9-11-19-24(13-17)42(29(45)48-31(4,5)6)39-26(19)37-22-16-40(7)38-25(22)33(34,35)36/h9-14,16,21H,15H2,1-8H3,(H,37,39)/t21-,32-/m0/s1.